The molecule has 0 unspecified atom stereocenters. The molecule has 1 fully saturated rings. The van der Waals surface area contributed by atoms with Crippen molar-refractivity contribution < 1.29 is 0 Å². The zero-order valence-electron chi connectivity index (χ0n) is 15.9. The van der Waals surface area contributed by atoms with E-state index in [-0.39, 0.29) is 0 Å². The Morgan fingerprint density at radius 1 is 0.889 bits per heavy atom. The topological polar surface area (TPSA) is 44.3 Å². The van der Waals surface area contributed by atoms with Crippen LogP contribution >= 0.6 is 0 Å². The van der Waals surface area contributed by atoms with E-state index in [0.717, 1.165) is 41.8 Å². The first kappa shape index (κ1) is 17.3. The maximum absolute atomic E-state index is 4.83. The highest BCUT2D eigenvalue weighted by atomic mass is 15.2. The van der Waals surface area contributed by atoms with E-state index in [1.54, 1.807) is 0 Å². The maximum Gasteiger partial charge on any atom is 0.163 e. The van der Waals surface area contributed by atoms with Crippen LogP contribution in [0.5, 0.6) is 0 Å². The molecule has 0 saturated carbocycles. The largest absolute Gasteiger partial charge is 0.378 e. The first-order valence-corrected chi connectivity index (χ1v) is 9.43. The monoisotopic (exact) mass is 359 g/mol. The quantitative estimate of drug-likeness (QED) is 0.724. The van der Waals surface area contributed by atoms with Crippen LogP contribution in [0.3, 0.4) is 0 Å². The van der Waals surface area contributed by atoms with Crippen molar-refractivity contribution in [3.63, 3.8) is 0 Å². The summed E-state index contributed by atoms with van der Waals surface area (Å²) in [5.74, 6) is 2.57. The summed E-state index contributed by atoms with van der Waals surface area (Å²) in [5.41, 5.74) is 3.22. The summed E-state index contributed by atoms with van der Waals surface area (Å²) < 4.78 is 0. The molecule has 2 heterocycles. The van der Waals surface area contributed by atoms with Gasteiger partial charge in [0.2, 0.25) is 0 Å². The van der Waals surface area contributed by atoms with Crippen molar-refractivity contribution in [1.82, 2.24) is 9.97 Å². The highest BCUT2D eigenvalue weighted by Crippen LogP contribution is 2.27. The van der Waals surface area contributed by atoms with Crippen molar-refractivity contribution >= 4 is 23.0 Å². The molecule has 4 rings (SSSR count). The average Bonchev–Trinajstić information content (AvgIpc) is 3.24. The molecule has 0 amide bonds. The standard InChI is InChI=1S/C22H25N5/c1-26(2)19-12-10-18(11-13-19)23-20-16-21(27-14-6-7-15-27)25-22(24-20)17-8-4-3-5-9-17/h3-5,8-13,16H,6-7,14-15H2,1-2H3,(H,23,24,25). The molecular formula is C22H25N5. The van der Waals surface area contributed by atoms with Gasteiger partial charge in [-0.25, -0.2) is 9.97 Å². The van der Waals surface area contributed by atoms with E-state index >= 15 is 0 Å². The van der Waals surface area contributed by atoms with Crippen molar-refractivity contribution in [2.75, 3.05) is 42.3 Å². The number of hydrogen-bond donors (Lipinski definition) is 1. The summed E-state index contributed by atoms with van der Waals surface area (Å²) in [4.78, 5) is 14.0. The fraction of sp³-hybridized carbons (Fsp3) is 0.273. The molecular weight excluding hydrogens is 334 g/mol. The number of rotatable bonds is 5. The van der Waals surface area contributed by atoms with Crippen molar-refractivity contribution in [3.8, 4) is 11.4 Å². The summed E-state index contributed by atoms with van der Waals surface area (Å²) in [6, 6.07) is 20.6. The normalized spacial score (nSPS) is 13.6. The number of nitrogens with zero attached hydrogens (tertiary/aromatic N) is 4. The van der Waals surface area contributed by atoms with Crippen LogP contribution in [0.4, 0.5) is 23.0 Å². The summed E-state index contributed by atoms with van der Waals surface area (Å²) in [7, 11) is 4.09. The van der Waals surface area contributed by atoms with E-state index in [1.807, 2.05) is 32.3 Å². The fourth-order valence-corrected chi connectivity index (χ4v) is 3.31. The molecule has 27 heavy (non-hydrogen) atoms. The lowest BCUT2D eigenvalue weighted by Gasteiger charge is -2.19. The van der Waals surface area contributed by atoms with Gasteiger partial charge in [0, 0.05) is 50.2 Å². The van der Waals surface area contributed by atoms with Crippen LogP contribution < -0.4 is 15.1 Å². The van der Waals surface area contributed by atoms with Crippen LogP contribution in [0.1, 0.15) is 12.8 Å². The van der Waals surface area contributed by atoms with Crippen molar-refractivity contribution in [2.24, 2.45) is 0 Å². The van der Waals surface area contributed by atoms with E-state index < -0.39 is 0 Å². The smallest absolute Gasteiger partial charge is 0.163 e. The molecule has 0 radical (unpaired) electrons. The van der Waals surface area contributed by atoms with E-state index in [4.69, 9.17) is 9.97 Å². The first-order valence-electron chi connectivity index (χ1n) is 9.43. The Balaban J connectivity index is 1.67. The molecule has 1 aromatic heterocycles. The minimum absolute atomic E-state index is 0.757. The second-order valence-corrected chi connectivity index (χ2v) is 7.06. The van der Waals surface area contributed by atoms with E-state index in [9.17, 15) is 0 Å². The van der Waals surface area contributed by atoms with Gasteiger partial charge in [-0.2, -0.15) is 0 Å². The first-order chi connectivity index (χ1) is 13.2. The Morgan fingerprint density at radius 2 is 1.59 bits per heavy atom. The lowest BCUT2D eigenvalue weighted by Crippen LogP contribution is -2.19. The lowest BCUT2D eigenvalue weighted by atomic mass is 10.2. The van der Waals surface area contributed by atoms with Gasteiger partial charge in [-0.05, 0) is 37.1 Å². The second kappa shape index (κ2) is 7.66. The molecule has 138 valence electrons. The zero-order valence-corrected chi connectivity index (χ0v) is 15.9. The fourth-order valence-electron chi connectivity index (χ4n) is 3.31. The van der Waals surface area contributed by atoms with Gasteiger partial charge in [-0.3, -0.25) is 0 Å². The van der Waals surface area contributed by atoms with Crippen LogP contribution in [-0.4, -0.2) is 37.2 Å². The zero-order chi connectivity index (χ0) is 18.6. The molecule has 0 bridgehead atoms. The summed E-state index contributed by atoms with van der Waals surface area (Å²) in [6.45, 7) is 2.12. The van der Waals surface area contributed by atoms with Crippen molar-refractivity contribution in [3.05, 3.63) is 60.7 Å². The molecule has 0 spiro atoms. The number of aromatic nitrogens is 2. The van der Waals surface area contributed by atoms with Gasteiger partial charge in [-0.15, -0.1) is 0 Å². The van der Waals surface area contributed by atoms with Crippen LogP contribution in [0, 0.1) is 0 Å². The molecule has 0 aliphatic carbocycles. The molecule has 2 aromatic carbocycles. The summed E-state index contributed by atoms with van der Waals surface area (Å²) >= 11 is 0. The second-order valence-electron chi connectivity index (χ2n) is 7.06. The van der Waals surface area contributed by atoms with E-state index in [0.29, 0.717) is 0 Å². The Labute approximate surface area is 160 Å². The third-order valence-electron chi connectivity index (χ3n) is 4.83. The van der Waals surface area contributed by atoms with Gasteiger partial charge >= 0.3 is 0 Å². The number of benzene rings is 2. The number of hydrogen-bond acceptors (Lipinski definition) is 5. The van der Waals surface area contributed by atoms with Gasteiger partial charge in [0.15, 0.2) is 5.82 Å². The van der Waals surface area contributed by atoms with Crippen LogP contribution in [0.2, 0.25) is 0 Å². The van der Waals surface area contributed by atoms with Crippen LogP contribution in [0.15, 0.2) is 60.7 Å². The number of nitrogens with one attached hydrogen (secondary N) is 1. The highest BCUT2D eigenvalue weighted by Gasteiger charge is 2.16. The van der Waals surface area contributed by atoms with Crippen molar-refractivity contribution in [2.45, 2.75) is 12.8 Å². The molecule has 3 aromatic rings. The van der Waals surface area contributed by atoms with Crippen molar-refractivity contribution in [1.29, 1.82) is 0 Å². The summed E-state index contributed by atoms with van der Waals surface area (Å²) in [5, 5.41) is 3.45. The lowest BCUT2D eigenvalue weighted by molar-refractivity contribution is 0.931. The molecule has 1 aliphatic heterocycles. The molecule has 1 saturated heterocycles. The minimum Gasteiger partial charge on any atom is -0.378 e. The average molecular weight is 359 g/mol. The molecule has 0 atom stereocenters. The minimum atomic E-state index is 0.757. The maximum atomic E-state index is 4.83. The highest BCUT2D eigenvalue weighted by molar-refractivity contribution is 5.66. The predicted octanol–water partition coefficient (Wildman–Crippen LogP) is 4.55. The molecule has 1 aliphatic rings. The predicted molar refractivity (Wildman–Crippen MR) is 113 cm³/mol. The van der Waals surface area contributed by atoms with Gasteiger partial charge in [-0.1, -0.05) is 30.3 Å². The Bertz CT molecular complexity index is 884. The van der Waals surface area contributed by atoms with Gasteiger partial charge in [0.05, 0.1) is 0 Å². The SMILES string of the molecule is CN(C)c1ccc(Nc2cc(N3CCCC3)nc(-c3ccccc3)n2)cc1. The van der Waals surface area contributed by atoms with Crippen LogP contribution in [0.25, 0.3) is 11.4 Å². The summed E-state index contributed by atoms with van der Waals surface area (Å²) in [6.07, 6.45) is 2.44. The van der Waals surface area contributed by atoms with Gasteiger partial charge < -0.3 is 15.1 Å². The molecule has 1 N–H and O–H groups in total. The van der Waals surface area contributed by atoms with E-state index in [1.165, 1.54) is 18.5 Å². The van der Waals surface area contributed by atoms with E-state index in [2.05, 4.69) is 57.6 Å². The van der Waals surface area contributed by atoms with Gasteiger partial charge in [0.25, 0.3) is 0 Å². The third-order valence-corrected chi connectivity index (χ3v) is 4.83. The Morgan fingerprint density at radius 3 is 2.26 bits per heavy atom. The van der Waals surface area contributed by atoms with Crippen LogP contribution in [-0.2, 0) is 0 Å². The third kappa shape index (κ3) is 4.03. The van der Waals surface area contributed by atoms with Gasteiger partial charge in [0.1, 0.15) is 11.6 Å². The molecule has 5 nitrogen and oxygen atoms in total. The number of anilines is 4. The molecule has 5 heteroatoms. The Kier molecular flexibility index (Phi) is 4.92. The Hall–Kier alpha value is -3.08.